The maximum Gasteiger partial charge on any atom is 0.416 e. The van der Waals surface area contributed by atoms with Crippen LogP contribution in [0.15, 0.2) is 59.8 Å². The van der Waals surface area contributed by atoms with Crippen LogP contribution < -0.4 is 10.3 Å². The maximum absolute atomic E-state index is 13.0. The molecule has 2 heterocycles. The van der Waals surface area contributed by atoms with Gasteiger partial charge in [0.1, 0.15) is 23.7 Å². The van der Waals surface area contributed by atoms with Crippen molar-refractivity contribution in [1.29, 1.82) is 0 Å². The molecule has 0 spiro atoms. The lowest BCUT2D eigenvalue weighted by Gasteiger charge is -2.11. The molecule has 158 valence electrons. The van der Waals surface area contributed by atoms with Crippen molar-refractivity contribution in [2.24, 2.45) is 0 Å². The van der Waals surface area contributed by atoms with Crippen molar-refractivity contribution in [1.82, 2.24) is 19.3 Å². The fraction of sp³-hybridized carbons (Fsp3) is 0.143. The standard InChI is InChI=1S/C21H15F3N4O3/c1-31-18-6-5-13(11-29)7-14(18)10-27-12-25-19-17(20(27)30)9-26-28(19)16-4-2-3-15(8-16)21(22,23)24/h2-9,11-12H,10H2,1H3. The number of nitrogens with zero attached hydrogens (tertiary/aromatic N) is 4. The van der Waals surface area contributed by atoms with E-state index in [0.29, 0.717) is 23.2 Å². The van der Waals surface area contributed by atoms with Gasteiger partial charge in [-0.3, -0.25) is 14.2 Å². The molecule has 0 aliphatic rings. The molecule has 0 radical (unpaired) electrons. The summed E-state index contributed by atoms with van der Waals surface area (Å²) in [6.07, 6.45) is -1.27. The molecule has 7 nitrogen and oxygen atoms in total. The number of benzene rings is 2. The van der Waals surface area contributed by atoms with Crippen LogP contribution in [0.25, 0.3) is 16.7 Å². The number of alkyl halides is 3. The summed E-state index contributed by atoms with van der Waals surface area (Å²) < 4.78 is 46.9. The molecule has 4 rings (SSSR count). The van der Waals surface area contributed by atoms with E-state index in [1.807, 2.05) is 0 Å². The van der Waals surface area contributed by atoms with Gasteiger partial charge in [0.15, 0.2) is 5.65 Å². The summed E-state index contributed by atoms with van der Waals surface area (Å²) in [6, 6.07) is 9.44. The molecule has 0 bridgehead atoms. The van der Waals surface area contributed by atoms with Crippen molar-refractivity contribution < 1.29 is 22.7 Å². The number of hydrogen-bond donors (Lipinski definition) is 0. The molecule has 4 aromatic rings. The van der Waals surface area contributed by atoms with Crippen molar-refractivity contribution in [3.63, 3.8) is 0 Å². The Kier molecular flexibility index (Phi) is 5.05. The topological polar surface area (TPSA) is 79.0 Å². The van der Waals surface area contributed by atoms with Crippen molar-refractivity contribution in [3.8, 4) is 11.4 Å². The Labute approximate surface area is 173 Å². The number of carbonyl (C=O) groups is 1. The van der Waals surface area contributed by atoms with Gasteiger partial charge >= 0.3 is 6.18 Å². The highest BCUT2D eigenvalue weighted by atomic mass is 19.4. The van der Waals surface area contributed by atoms with Crippen LogP contribution in [0.1, 0.15) is 21.5 Å². The minimum atomic E-state index is -4.51. The molecule has 0 atom stereocenters. The zero-order chi connectivity index (χ0) is 22.2. The summed E-state index contributed by atoms with van der Waals surface area (Å²) >= 11 is 0. The van der Waals surface area contributed by atoms with E-state index in [1.165, 1.54) is 41.0 Å². The summed E-state index contributed by atoms with van der Waals surface area (Å²) in [7, 11) is 1.47. The van der Waals surface area contributed by atoms with Gasteiger partial charge in [-0.05, 0) is 36.4 Å². The van der Waals surface area contributed by atoms with E-state index >= 15 is 0 Å². The number of aromatic nitrogens is 4. The second kappa shape index (κ2) is 7.71. The molecule has 0 saturated carbocycles. The molecular weight excluding hydrogens is 413 g/mol. The van der Waals surface area contributed by atoms with E-state index in [2.05, 4.69) is 10.1 Å². The number of rotatable bonds is 5. The lowest BCUT2D eigenvalue weighted by molar-refractivity contribution is -0.137. The molecule has 2 aromatic carbocycles. The summed E-state index contributed by atoms with van der Waals surface area (Å²) in [5, 5.41) is 4.21. The minimum absolute atomic E-state index is 0.0847. The molecule has 0 fully saturated rings. The van der Waals surface area contributed by atoms with Crippen LogP contribution in [0.5, 0.6) is 5.75 Å². The SMILES string of the molecule is COc1ccc(C=O)cc1Cn1cnc2c(cnn2-c2cccc(C(F)(F)F)c2)c1=O. The Morgan fingerprint density at radius 2 is 1.97 bits per heavy atom. The highest BCUT2D eigenvalue weighted by Gasteiger charge is 2.30. The van der Waals surface area contributed by atoms with Crippen molar-refractivity contribution in [3.05, 3.63) is 82.0 Å². The summed E-state index contributed by atoms with van der Waals surface area (Å²) in [4.78, 5) is 28.2. The van der Waals surface area contributed by atoms with Gasteiger partial charge in [-0.25, -0.2) is 9.67 Å². The van der Waals surface area contributed by atoms with Crippen LogP contribution >= 0.6 is 0 Å². The molecule has 0 N–H and O–H groups in total. The van der Waals surface area contributed by atoms with E-state index < -0.39 is 17.3 Å². The first-order valence-electron chi connectivity index (χ1n) is 9.04. The van der Waals surface area contributed by atoms with Crippen LogP contribution in [0.3, 0.4) is 0 Å². The number of ether oxygens (including phenoxy) is 1. The molecule has 0 saturated heterocycles. The lowest BCUT2D eigenvalue weighted by Crippen LogP contribution is -2.21. The summed E-state index contributed by atoms with van der Waals surface area (Å²) in [5.74, 6) is 0.497. The van der Waals surface area contributed by atoms with Gasteiger partial charge in [0.2, 0.25) is 0 Å². The van der Waals surface area contributed by atoms with Crippen molar-refractivity contribution >= 4 is 17.3 Å². The quantitative estimate of drug-likeness (QED) is 0.455. The third-order valence-electron chi connectivity index (χ3n) is 4.75. The van der Waals surface area contributed by atoms with Crippen LogP contribution in [0.2, 0.25) is 0 Å². The fourth-order valence-corrected chi connectivity index (χ4v) is 3.24. The normalized spacial score (nSPS) is 11.6. The Hall–Kier alpha value is -3.95. The van der Waals surface area contributed by atoms with Crippen molar-refractivity contribution in [2.75, 3.05) is 7.11 Å². The van der Waals surface area contributed by atoms with Crippen LogP contribution in [0, 0.1) is 0 Å². The Bertz CT molecular complexity index is 1340. The first-order valence-corrected chi connectivity index (χ1v) is 9.04. The molecule has 2 aromatic heterocycles. The highest BCUT2D eigenvalue weighted by molar-refractivity contribution is 5.76. The molecule has 31 heavy (non-hydrogen) atoms. The second-order valence-electron chi connectivity index (χ2n) is 6.71. The van der Waals surface area contributed by atoms with Crippen molar-refractivity contribution in [2.45, 2.75) is 12.7 Å². The third kappa shape index (κ3) is 3.79. The number of halogens is 3. The predicted molar refractivity (Wildman–Crippen MR) is 106 cm³/mol. The first kappa shape index (κ1) is 20.3. The Balaban J connectivity index is 1.76. The first-order chi connectivity index (χ1) is 14.8. The van der Waals surface area contributed by atoms with E-state index in [0.717, 1.165) is 12.1 Å². The summed E-state index contributed by atoms with van der Waals surface area (Å²) in [5.41, 5.74) is 0.0332. The third-order valence-corrected chi connectivity index (χ3v) is 4.75. The monoisotopic (exact) mass is 428 g/mol. The number of fused-ring (bicyclic) bond motifs is 1. The number of aldehydes is 1. The zero-order valence-electron chi connectivity index (χ0n) is 16.1. The van der Waals surface area contributed by atoms with Gasteiger partial charge in [0, 0.05) is 11.1 Å². The number of methoxy groups -OCH3 is 1. The van der Waals surface area contributed by atoms with Gasteiger partial charge in [0.05, 0.1) is 31.1 Å². The van der Waals surface area contributed by atoms with Crippen LogP contribution in [-0.4, -0.2) is 32.7 Å². The molecular formula is C21H15F3N4O3. The maximum atomic E-state index is 13.0. The predicted octanol–water partition coefficient (Wildman–Crippen LogP) is 3.47. The fourth-order valence-electron chi connectivity index (χ4n) is 3.24. The zero-order valence-corrected chi connectivity index (χ0v) is 16.1. The largest absolute Gasteiger partial charge is 0.496 e. The average Bonchev–Trinajstić information content (AvgIpc) is 3.20. The van der Waals surface area contributed by atoms with E-state index in [4.69, 9.17) is 4.74 Å². The molecule has 0 unspecified atom stereocenters. The summed E-state index contributed by atoms with van der Waals surface area (Å²) in [6.45, 7) is 0.0847. The van der Waals surface area contributed by atoms with Gasteiger partial charge in [-0.2, -0.15) is 18.3 Å². The minimum Gasteiger partial charge on any atom is -0.496 e. The number of hydrogen-bond acceptors (Lipinski definition) is 5. The Morgan fingerprint density at radius 3 is 2.68 bits per heavy atom. The Morgan fingerprint density at radius 1 is 1.16 bits per heavy atom. The average molecular weight is 428 g/mol. The smallest absolute Gasteiger partial charge is 0.416 e. The van der Waals surface area contributed by atoms with Gasteiger partial charge in [0.25, 0.3) is 5.56 Å². The second-order valence-corrected chi connectivity index (χ2v) is 6.71. The van der Waals surface area contributed by atoms with Crippen LogP contribution in [0.4, 0.5) is 13.2 Å². The van der Waals surface area contributed by atoms with E-state index in [1.54, 1.807) is 18.2 Å². The molecule has 10 heteroatoms. The van der Waals surface area contributed by atoms with E-state index in [-0.39, 0.29) is 23.3 Å². The molecule has 0 aliphatic heterocycles. The lowest BCUT2D eigenvalue weighted by atomic mass is 10.1. The van der Waals surface area contributed by atoms with Crippen LogP contribution in [-0.2, 0) is 12.7 Å². The van der Waals surface area contributed by atoms with Gasteiger partial charge in [-0.1, -0.05) is 6.07 Å². The van der Waals surface area contributed by atoms with Gasteiger partial charge < -0.3 is 4.74 Å². The van der Waals surface area contributed by atoms with E-state index in [9.17, 15) is 22.8 Å². The van der Waals surface area contributed by atoms with Gasteiger partial charge in [-0.15, -0.1) is 0 Å². The molecule has 0 amide bonds. The number of carbonyl (C=O) groups excluding carboxylic acids is 1. The highest BCUT2D eigenvalue weighted by Crippen LogP contribution is 2.30. The molecule has 0 aliphatic carbocycles.